The van der Waals surface area contributed by atoms with Gasteiger partial charge in [-0.25, -0.2) is 0 Å². The number of carboxylic acids is 2. The second-order valence-corrected chi connectivity index (χ2v) is 5.25. The number of carbonyl (C=O) groups excluding carboxylic acids is 2. The summed E-state index contributed by atoms with van der Waals surface area (Å²) < 4.78 is 0. The molecule has 2 amide bonds. The first kappa shape index (κ1) is 21.2. The topological polar surface area (TPSA) is 150 Å². The van der Waals surface area contributed by atoms with E-state index in [0.717, 1.165) is 4.90 Å². The Morgan fingerprint density at radius 1 is 1.22 bits per heavy atom. The van der Waals surface area contributed by atoms with Gasteiger partial charge in [0, 0.05) is 6.42 Å². The summed E-state index contributed by atoms with van der Waals surface area (Å²) in [6.45, 7) is 1.30. The predicted octanol–water partition coefficient (Wildman–Crippen LogP) is -0.736. The van der Waals surface area contributed by atoms with Crippen LogP contribution in [0.2, 0.25) is 0 Å². The van der Waals surface area contributed by atoms with Gasteiger partial charge in [0.1, 0.15) is 18.6 Å². The predicted molar refractivity (Wildman–Crippen MR) is 84.9 cm³/mol. The number of carboxylic acid groups (broad SMARTS) is 2. The summed E-state index contributed by atoms with van der Waals surface area (Å²) in [6.07, 6.45) is 0.735. The molecule has 23 heavy (non-hydrogen) atoms. The van der Waals surface area contributed by atoms with E-state index < -0.39 is 42.4 Å². The number of nitrogens with one attached hydrogen (secondary N) is 1. The minimum atomic E-state index is -1.21. The van der Waals surface area contributed by atoms with E-state index in [2.05, 4.69) is 17.9 Å². The molecule has 0 spiro atoms. The highest BCUT2D eigenvalue weighted by Gasteiger charge is 2.26. The number of hydrogen-bond donors (Lipinski definition) is 5. The average molecular weight is 349 g/mol. The molecular weight excluding hydrogens is 326 g/mol. The Bertz CT molecular complexity index is 445. The van der Waals surface area contributed by atoms with Crippen LogP contribution in [0.25, 0.3) is 0 Å². The molecular formula is C13H23N3O6S. The molecule has 10 heteroatoms. The third-order valence-electron chi connectivity index (χ3n) is 3.02. The van der Waals surface area contributed by atoms with Crippen LogP contribution < -0.4 is 11.1 Å². The average Bonchev–Trinajstić information content (AvgIpc) is 2.48. The Hall–Kier alpha value is -1.81. The maximum Gasteiger partial charge on any atom is 0.323 e. The molecule has 2 atom stereocenters. The number of carbonyl (C=O) groups is 4. The maximum atomic E-state index is 12.3. The second-order valence-electron chi connectivity index (χ2n) is 4.96. The van der Waals surface area contributed by atoms with Crippen LogP contribution in [0.15, 0.2) is 0 Å². The van der Waals surface area contributed by atoms with E-state index in [9.17, 15) is 19.2 Å². The van der Waals surface area contributed by atoms with Crippen molar-refractivity contribution in [3.05, 3.63) is 0 Å². The van der Waals surface area contributed by atoms with Crippen molar-refractivity contribution >= 4 is 36.4 Å². The van der Waals surface area contributed by atoms with E-state index in [4.69, 9.17) is 15.9 Å². The van der Waals surface area contributed by atoms with Crippen molar-refractivity contribution in [1.82, 2.24) is 10.2 Å². The number of nitrogens with zero attached hydrogens (tertiary/aromatic N) is 1. The van der Waals surface area contributed by atoms with Crippen molar-refractivity contribution in [3.8, 4) is 0 Å². The van der Waals surface area contributed by atoms with E-state index in [-0.39, 0.29) is 18.7 Å². The van der Waals surface area contributed by atoms with Gasteiger partial charge < -0.3 is 26.2 Å². The largest absolute Gasteiger partial charge is 0.480 e. The van der Waals surface area contributed by atoms with Gasteiger partial charge in [-0.15, -0.1) is 0 Å². The van der Waals surface area contributed by atoms with Crippen molar-refractivity contribution in [2.45, 2.75) is 44.7 Å². The Labute approximate surface area is 139 Å². The number of amides is 2. The standard InChI is InChI=1S/C13H23N3O6S/c1-2-3-9(12(20)16(7-23)6-11(18)19)15-10(17)5-4-8(14)13(21)22/h8-9,23H,2-7,14H2,1H3,(H,15,17)(H,18,19)(H,21,22). The zero-order valence-corrected chi connectivity index (χ0v) is 13.8. The molecule has 0 saturated carbocycles. The first-order valence-corrected chi connectivity index (χ1v) is 7.75. The van der Waals surface area contributed by atoms with Gasteiger partial charge in [-0.05, 0) is 12.8 Å². The molecule has 0 rings (SSSR count). The molecule has 0 saturated heterocycles. The van der Waals surface area contributed by atoms with Crippen molar-refractivity contribution < 1.29 is 29.4 Å². The maximum absolute atomic E-state index is 12.3. The number of nitrogens with two attached hydrogens (primary N) is 1. The number of aliphatic carboxylic acids is 2. The lowest BCUT2D eigenvalue weighted by atomic mass is 10.1. The van der Waals surface area contributed by atoms with Gasteiger partial charge in [-0.2, -0.15) is 12.6 Å². The fourth-order valence-corrected chi connectivity index (χ4v) is 2.04. The van der Waals surface area contributed by atoms with E-state index >= 15 is 0 Å². The molecule has 0 bridgehead atoms. The Morgan fingerprint density at radius 2 is 1.83 bits per heavy atom. The number of thiol groups is 1. The van der Waals surface area contributed by atoms with Crippen LogP contribution in [0.3, 0.4) is 0 Å². The van der Waals surface area contributed by atoms with Crippen molar-refractivity contribution in [2.75, 3.05) is 12.4 Å². The Balaban J connectivity index is 4.70. The number of rotatable bonds is 11. The molecule has 0 aliphatic heterocycles. The molecule has 0 aliphatic rings. The molecule has 0 heterocycles. The first-order chi connectivity index (χ1) is 10.7. The van der Waals surface area contributed by atoms with Gasteiger partial charge in [-0.1, -0.05) is 13.3 Å². The van der Waals surface area contributed by atoms with E-state index in [1.54, 1.807) is 0 Å². The lowest BCUT2D eigenvalue weighted by Crippen LogP contribution is -2.49. The van der Waals surface area contributed by atoms with Gasteiger partial charge in [0.05, 0.1) is 5.88 Å². The van der Waals surface area contributed by atoms with Crippen molar-refractivity contribution in [3.63, 3.8) is 0 Å². The monoisotopic (exact) mass is 349 g/mol. The molecule has 132 valence electrons. The van der Waals surface area contributed by atoms with E-state index in [1.807, 2.05) is 6.92 Å². The summed E-state index contributed by atoms with van der Waals surface area (Å²) >= 11 is 3.92. The zero-order chi connectivity index (χ0) is 18.0. The van der Waals surface area contributed by atoms with E-state index in [1.165, 1.54) is 0 Å². The van der Waals surface area contributed by atoms with Crippen LogP contribution >= 0.6 is 12.6 Å². The normalized spacial score (nSPS) is 13.0. The molecule has 0 aromatic heterocycles. The fraction of sp³-hybridized carbons (Fsp3) is 0.692. The summed E-state index contributed by atoms with van der Waals surface area (Å²) in [7, 11) is 0. The van der Waals surface area contributed by atoms with Crippen molar-refractivity contribution in [1.29, 1.82) is 0 Å². The molecule has 0 radical (unpaired) electrons. The van der Waals surface area contributed by atoms with Crippen LogP contribution in [0, 0.1) is 0 Å². The highest BCUT2D eigenvalue weighted by molar-refractivity contribution is 7.80. The minimum Gasteiger partial charge on any atom is -0.480 e. The minimum absolute atomic E-state index is 0.0559. The Morgan fingerprint density at radius 3 is 2.26 bits per heavy atom. The first-order valence-electron chi connectivity index (χ1n) is 7.12. The van der Waals surface area contributed by atoms with E-state index in [0.29, 0.717) is 12.8 Å². The van der Waals surface area contributed by atoms with Crippen LogP contribution in [0.1, 0.15) is 32.6 Å². The van der Waals surface area contributed by atoms with Crippen LogP contribution in [-0.4, -0.2) is 63.4 Å². The van der Waals surface area contributed by atoms with Gasteiger partial charge >= 0.3 is 11.9 Å². The second kappa shape index (κ2) is 10.8. The zero-order valence-electron chi connectivity index (χ0n) is 12.9. The van der Waals surface area contributed by atoms with Gasteiger partial charge in [0.25, 0.3) is 0 Å². The summed E-state index contributed by atoms with van der Waals surface area (Å²) in [6, 6.07) is -2.03. The van der Waals surface area contributed by atoms with Gasteiger partial charge in [0.15, 0.2) is 0 Å². The molecule has 2 unspecified atom stereocenters. The highest BCUT2D eigenvalue weighted by Crippen LogP contribution is 2.05. The van der Waals surface area contributed by atoms with Crippen LogP contribution in [0.5, 0.6) is 0 Å². The summed E-state index contributed by atoms with van der Waals surface area (Å²) in [5.41, 5.74) is 5.31. The lowest BCUT2D eigenvalue weighted by Gasteiger charge is -2.25. The van der Waals surface area contributed by atoms with Gasteiger partial charge in [-0.3, -0.25) is 19.2 Å². The van der Waals surface area contributed by atoms with Crippen LogP contribution in [0.4, 0.5) is 0 Å². The molecule has 0 aliphatic carbocycles. The summed E-state index contributed by atoms with van der Waals surface area (Å²) in [5, 5.41) is 19.9. The van der Waals surface area contributed by atoms with Gasteiger partial charge in [0.2, 0.25) is 11.8 Å². The Kier molecular flexibility index (Phi) is 9.99. The molecule has 0 aromatic carbocycles. The third kappa shape index (κ3) is 8.41. The van der Waals surface area contributed by atoms with Crippen molar-refractivity contribution in [2.24, 2.45) is 5.73 Å². The lowest BCUT2D eigenvalue weighted by molar-refractivity contribution is -0.145. The fourth-order valence-electron chi connectivity index (χ4n) is 1.80. The highest BCUT2D eigenvalue weighted by atomic mass is 32.1. The molecule has 0 aromatic rings. The molecule has 9 nitrogen and oxygen atoms in total. The molecule has 0 fully saturated rings. The molecule has 5 N–H and O–H groups in total. The quantitative estimate of drug-likeness (QED) is 0.243. The van der Waals surface area contributed by atoms with Crippen LogP contribution in [-0.2, 0) is 19.2 Å². The summed E-state index contributed by atoms with van der Waals surface area (Å²) in [4.78, 5) is 46.4. The SMILES string of the molecule is CCCC(NC(=O)CCC(N)C(=O)O)C(=O)N(CS)CC(=O)O. The summed E-state index contributed by atoms with van der Waals surface area (Å²) in [5.74, 6) is -3.53. The number of hydrogen-bond acceptors (Lipinski definition) is 6. The third-order valence-corrected chi connectivity index (χ3v) is 3.36. The smallest absolute Gasteiger partial charge is 0.323 e.